The molecule has 0 saturated carbocycles. The van der Waals surface area contributed by atoms with E-state index in [-0.39, 0.29) is 12.6 Å². The second-order valence-corrected chi connectivity index (χ2v) is 4.73. The molecule has 1 aromatic carbocycles. The third-order valence-electron chi connectivity index (χ3n) is 2.94. The highest BCUT2D eigenvalue weighted by molar-refractivity contribution is 5.81. The molecule has 1 amide bonds. The number of hydrogen-bond donors (Lipinski definition) is 3. The molecule has 5 N–H and O–H groups in total. The maximum Gasteiger partial charge on any atom is 0.408 e. The number of methoxy groups -OCH3 is 1. The molecule has 8 heteroatoms. The highest BCUT2D eigenvalue weighted by Crippen LogP contribution is 2.03. The van der Waals surface area contributed by atoms with Crippen molar-refractivity contribution in [3.63, 3.8) is 0 Å². The quantitative estimate of drug-likeness (QED) is 0.277. The third kappa shape index (κ3) is 7.70. The van der Waals surface area contributed by atoms with E-state index >= 15 is 0 Å². The van der Waals surface area contributed by atoms with Crippen molar-refractivity contribution in [2.75, 3.05) is 13.7 Å². The third-order valence-corrected chi connectivity index (χ3v) is 2.94. The van der Waals surface area contributed by atoms with Gasteiger partial charge in [-0.05, 0) is 18.4 Å². The lowest BCUT2D eigenvalue weighted by molar-refractivity contribution is -0.143. The molecule has 1 aromatic rings. The van der Waals surface area contributed by atoms with Crippen LogP contribution in [0.4, 0.5) is 4.79 Å². The standard InChI is InChI=1S/C15H22N4O4/c1-22-13(20)12(8-5-9-18-14(16)17)19-15(21)23-10-11-6-3-2-4-7-11/h2-4,6-7,12H,5,8-10H2,1H3,(H,19,21)(H4,16,17,18)/t12-/m1/s1. The zero-order valence-corrected chi connectivity index (χ0v) is 13.0. The van der Waals surface area contributed by atoms with E-state index in [4.69, 9.17) is 16.2 Å². The number of esters is 1. The number of hydrogen-bond acceptors (Lipinski definition) is 5. The summed E-state index contributed by atoms with van der Waals surface area (Å²) in [5.41, 5.74) is 11.3. The molecule has 0 aromatic heterocycles. The summed E-state index contributed by atoms with van der Waals surface area (Å²) in [6, 6.07) is 8.42. The van der Waals surface area contributed by atoms with Crippen LogP contribution in [0.1, 0.15) is 18.4 Å². The van der Waals surface area contributed by atoms with Crippen LogP contribution in [-0.2, 0) is 20.9 Å². The molecule has 0 aliphatic rings. The van der Waals surface area contributed by atoms with Crippen molar-refractivity contribution >= 4 is 18.0 Å². The molecule has 0 aliphatic heterocycles. The van der Waals surface area contributed by atoms with Gasteiger partial charge < -0.3 is 26.3 Å². The second-order valence-electron chi connectivity index (χ2n) is 4.73. The Morgan fingerprint density at radius 1 is 1.26 bits per heavy atom. The molecule has 0 spiro atoms. The summed E-state index contributed by atoms with van der Waals surface area (Å²) in [7, 11) is 1.25. The van der Waals surface area contributed by atoms with Crippen LogP contribution in [0.15, 0.2) is 35.3 Å². The van der Waals surface area contributed by atoms with Crippen molar-refractivity contribution in [2.45, 2.75) is 25.5 Å². The number of ether oxygens (including phenoxy) is 2. The molecule has 0 aliphatic carbocycles. The van der Waals surface area contributed by atoms with Gasteiger partial charge >= 0.3 is 12.1 Å². The number of carbonyl (C=O) groups excluding carboxylic acids is 2. The monoisotopic (exact) mass is 322 g/mol. The lowest BCUT2D eigenvalue weighted by Gasteiger charge is -2.16. The van der Waals surface area contributed by atoms with Gasteiger partial charge in [0.2, 0.25) is 0 Å². The predicted octanol–water partition coefficient (Wildman–Crippen LogP) is 0.508. The summed E-state index contributed by atoms with van der Waals surface area (Å²) in [6.45, 7) is 0.477. The number of carbonyl (C=O) groups is 2. The van der Waals surface area contributed by atoms with E-state index < -0.39 is 18.1 Å². The van der Waals surface area contributed by atoms with Gasteiger partial charge in [0.05, 0.1) is 7.11 Å². The van der Waals surface area contributed by atoms with E-state index in [1.165, 1.54) is 7.11 Å². The van der Waals surface area contributed by atoms with Gasteiger partial charge in [-0.3, -0.25) is 4.99 Å². The number of benzene rings is 1. The van der Waals surface area contributed by atoms with Crippen LogP contribution in [0.2, 0.25) is 0 Å². The first-order valence-corrected chi connectivity index (χ1v) is 7.13. The van der Waals surface area contributed by atoms with Crippen LogP contribution in [0.3, 0.4) is 0 Å². The van der Waals surface area contributed by atoms with Gasteiger partial charge in [0.15, 0.2) is 5.96 Å². The maximum absolute atomic E-state index is 11.8. The highest BCUT2D eigenvalue weighted by atomic mass is 16.6. The fourth-order valence-electron chi connectivity index (χ4n) is 1.80. The predicted molar refractivity (Wildman–Crippen MR) is 85.5 cm³/mol. The molecule has 0 radical (unpaired) electrons. The Bertz CT molecular complexity index is 530. The summed E-state index contributed by atoms with van der Waals surface area (Å²) in [4.78, 5) is 27.3. The van der Waals surface area contributed by atoms with Crippen LogP contribution < -0.4 is 16.8 Å². The molecular weight excluding hydrogens is 300 g/mol. The summed E-state index contributed by atoms with van der Waals surface area (Å²) >= 11 is 0. The van der Waals surface area contributed by atoms with E-state index in [0.717, 1.165) is 5.56 Å². The molecule has 0 fully saturated rings. The first-order valence-electron chi connectivity index (χ1n) is 7.13. The molecule has 1 rings (SSSR count). The van der Waals surface area contributed by atoms with Crippen LogP contribution in [0.25, 0.3) is 0 Å². The zero-order chi connectivity index (χ0) is 17.1. The largest absolute Gasteiger partial charge is 0.467 e. The summed E-state index contributed by atoms with van der Waals surface area (Å²) in [5.74, 6) is -0.568. The molecule has 0 heterocycles. The van der Waals surface area contributed by atoms with Crippen molar-refractivity contribution in [2.24, 2.45) is 16.5 Å². The molecule has 23 heavy (non-hydrogen) atoms. The fourth-order valence-corrected chi connectivity index (χ4v) is 1.80. The molecule has 0 saturated heterocycles. The van der Waals surface area contributed by atoms with E-state index in [2.05, 4.69) is 15.0 Å². The molecule has 0 unspecified atom stereocenters. The van der Waals surface area contributed by atoms with Gasteiger partial charge in [0.25, 0.3) is 0 Å². The van der Waals surface area contributed by atoms with Crippen LogP contribution >= 0.6 is 0 Å². The Morgan fingerprint density at radius 2 is 1.96 bits per heavy atom. The minimum atomic E-state index is -0.808. The van der Waals surface area contributed by atoms with Gasteiger partial charge in [0.1, 0.15) is 12.6 Å². The maximum atomic E-state index is 11.8. The summed E-state index contributed by atoms with van der Waals surface area (Å²) < 4.78 is 9.73. The number of nitrogens with zero attached hydrogens (tertiary/aromatic N) is 1. The zero-order valence-electron chi connectivity index (χ0n) is 13.0. The number of aliphatic imine (C=N–C) groups is 1. The van der Waals surface area contributed by atoms with Gasteiger partial charge in [0, 0.05) is 6.54 Å². The number of alkyl carbamates (subject to hydrolysis) is 1. The lowest BCUT2D eigenvalue weighted by Crippen LogP contribution is -2.41. The summed E-state index contributed by atoms with van der Waals surface area (Å²) in [5, 5.41) is 2.48. The molecule has 8 nitrogen and oxygen atoms in total. The van der Waals surface area contributed by atoms with Crippen molar-refractivity contribution < 1.29 is 19.1 Å². The van der Waals surface area contributed by atoms with Crippen LogP contribution in [-0.4, -0.2) is 37.7 Å². The van der Waals surface area contributed by atoms with Crippen LogP contribution in [0, 0.1) is 0 Å². The topological polar surface area (TPSA) is 129 Å². The number of nitrogens with one attached hydrogen (secondary N) is 1. The highest BCUT2D eigenvalue weighted by Gasteiger charge is 2.21. The average Bonchev–Trinajstić information content (AvgIpc) is 2.55. The molecular formula is C15H22N4O4. The Morgan fingerprint density at radius 3 is 2.57 bits per heavy atom. The Hall–Kier alpha value is -2.77. The first-order chi connectivity index (χ1) is 11.0. The van der Waals surface area contributed by atoms with Crippen molar-refractivity contribution in [1.29, 1.82) is 0 Å². The van der Waals surface area contributed by atoms with Gasteiger partial charge in [-0.1, -0.05) is 30.3 Å². The van der Waals surface area contributed by atoms with Gasteiger partial charge in [-0.25, -0.2) is 9.59 Å². The van der Waals surface area contributed by atoms with E-state index in [9.17, 15) is 9.59 Å². The number of guanidine groups is 1. The molecule has 1 atom stereocenters. The average molecular weight is 322 g/mol. The lowest BCUT2D eigenvalue weighted by atomic mass is 10.1. The first kappa shape index (κ1) is 18.3. The SMILES string of the molecule is COC(=O)[C@@H](CCCN=C(N)N)NC(=O)OCc1ccccc1. The second kappa shape index (κ2) is 10.0. The number of nitrogens with two attached hydrogens (primary N) is 2. The minimum absolute atomic E-state index is 0.0187. The Balaban J connectivity index is 2.44. The van der Waals surface area contributed by atoms with Crippen molar-refractivity contribution in [3.05, 3.63) is 35.9 Å². The van der Waals surface area contributed by atoms with Crippen LogP contribution in [0.5, 0.6) is 0 Å². The fraction of sp³-hybridized carbons (Fsp3) is 0.400. The Kier molecular flexibility index (Phi) is 7.98. The van der Waals surface area contributed by atoms with Crippen molar-refractivity contribution in [1.82, 2.24) is 5.32 Å². The van der Waals surface area contributed by atoms with Gasteiger partial charge in [-0.15, -0.1) is 0 Å². The number of amides is 1. The van der Waals surface area contributed by atoms with Gasteiger partial charge in [-0.2, -0.15) is 0 Å². The minimum Gasteiger partial charge on any atom is -0.467 e. The van der Waals surface area contributed by atoms with E-state index in [1.54, 1.807) is 0 Å². The van der Waals surface area contributed by atoms with E-state index in [0.29, 0.717) is 19.4 Å². The smallest absolute Gasteiger partial charge is 0.408 e. The number of rotatable bonds is 8. The van der Waals surface area contributed by atoms with Crippen molar-refractivity contribution in [3.8, 4) is 0 Å². The molecule has 0 bridgehead atoms. The Labute approximate surface area is 134 Å². The molecule has 126 valence electrons. The van der Waals surface area contributed by atoms with E-state index in [1.807, 2.05) is 30.3 Å². The summed E-state index contributed by atoms with van der Waals surface area (Å²) in [6.07, 6.45) is 0.159. The normalized spacial score (nSPS) is 11.2.